The van der Waals surface area contributed by atoms with E-state index in [2.05, 4.69) is 46.6 Å². The number of piperidine rings is 1. The number of nitrogens with zero attached hydrogens (tertiary/aromatic N) is 1. The van der Waals surface area contributed by atoms with E-state index in [0.717, 1.165) is 78.7 Å². The second-order valence-electron chi connectivity index (χ2n) is 13.3. The van der Waals surface area contributed by atoms with Crippen molar-refractivity contribution in [2.75, 3.05) is 32.8 Å². The average Bonchev–Trinajstić information content (AvgIpc) is 3.59. The normalized spacial score (nSPS) is 22.3. The van der Waals surface area contributed by atoms with Crippen LogP contribution in [0.2, 0.25) is 0 Å². The van der Waals surface area contributed by atoms with Crippen LogP contribution in [0.5, 0.6) is 0 Å². The van der Waals surface area contributed by atoms with Crippen molar-refractivity contribution in [3.8, 4) is 11.1 Å². The molecule has 3 aromatic carbocycles. The predicted molar refractivity (Wildman–Crippen MR) is 183 cm³/mol. The van der Waals surface area contributed by atoms with Gasteiger partial charge in [0, 0.05) is 63.8 Å². The molecule has 0 bridgehead atoms. The molecule has 1 spiro atoms. The highest BCUT2D eigenvalue weighted by molar-refractivity contribution is 5.76. The third-order valence-corrected chi connectivity index (χ3v) is 9.74. The molecule has 0 aliphatic carbocycles. The quantitative estimate of drug-likeness (QED) is 0.180. The van der Waals surface area contributed by atoms with Crippen LogP contribution in [0.25, 0.3) is 11.1 Å². The molecule has 3 aliphatic rings. The molecule has 3 fully saturated rings. The third kappa shape index (κ3) is 9.75. The van der Waals surface area contributed by atoms with Gasteiger partial charge in [0.15, 0.2) is 12.1 Å². The molecule has 10 heteroatoms. The van der Waals surface area contributed by atoms with Crippen LogP contribution in [0.3, 0.4) is 0 Å². The minimum Gasteiger partial charge on any atom is -0.481 e. The molecule has 0 radical (unpaired) electrons. The molecule has 6 rings (SSSR count). The molecular weight excluding hydrogens is 624 g/mol. The number of aliphatic hydroxyl groups excluding tert-OH is 1. The lowest BCUT2D eigenvalue weighted by molar-refractivity contribution is -0.255. The summed E-state index contributed by atoms with van der Waals surface area (Å²) >= 11 is 0. The summed E-state index contributed by atoms with van der Waals surface area (Å²) in [6.07, 6.45) is 4.28. The number of rotatable bonds is 14. The molecule has 0 aromatic heterocycles. The first-order chi connectivity index (χ1) is 23.9. The van der Waals surface area contributed by atoms with E-state index in [-0.39, 0.29) is 31.1 Å². The van der Waals surface area contributed by atoms with E-state index >= 15 is 0 Å². The van der Waals surface area contributed by atoms with E-state index in [4.69, 9.17) is 24.1 Å². The minimum atomic E-state index is -0.800. The summed E-state index contributed by atoms with van der Waals surface area (Å²) in [5, 5.41) is 21.3. The van der Waals surface area contributed by atoms with Crippen LogP contribution in [-0.2, 0) is 41.7 Å². The van der Waals surface area contributed by atoms with Gasteiger partial charge in [-0.1, -0.05) is 73.2 Å². The first-order valence-electron chi connectivity index (χ1n) is 17.6. The lowest BCUT2D eigenvalue weighted by atomic mass is 9.98. The number of aliphatic hydroxyl groups is 1. The lowest BCUT2D eigenvalue weighted by Crippen LogP contribution is -2.48. The van der Waals surface area contributed by atoms with Crippen molar-refractivity contribution in [2.24, 2.45) is 0 Å². The molecule has 1 amide bonds. The van der Waals surface area contributed by atoms with Gasteiger partial charge in [-0.15, -0.1) is 0 Å². The summed E-state index contributed by atoms with van der Waals surface area (Å²) in [5.74, 6) is -1.24. The number of carboxylic acids is 1. The van der Waals surface area contributed by atoms with Crippen molar-refractivity contribution in [3.05, 3.63) is 95.1 Å². The van der Waals surface area contributed by atoms with E-state index in [0.29, 0.717) is 39.0 Å². The number of carbonyl (C=O) groups is 2. The highest BCUT2D eigenvalue weighted by atomic mass is 16.7. The van der Waals surface area contributed by atoms with Gasteiger partial charge in [-0.25, -0.2) is 0 Å². The molecule has 0 unspecified atom stereocenters. The van der Waals surface area contributed by atoms with Gasteiger partial charge < -0.3 is 39.4 Å². The minimum absolute atomic E-state index is 0.00547. The first-order valence-corrected chi connectivity index (χ1v) is 17.6. The Morgan fingerprint density at radius 2 is 1.53 bits per heavy atom. The van der Waals surface area contributed by atoms with E-state index in [1.54, 1.807) is 0 Å². The van der Waals surface area contributed by atoms with Gasteiger partial charge in [-0.05, 0) is 46.7 Å². The topological polar surface area (TPSA) is 127 Å². The van der Waals surface area contributed by atoms with Gasteiger partial charge in [0.05, 0.1) is 32.0 Å². The Balaban J connectivity index is 1.08. The van der Waals surface area contributed by atoms with Gasteiger partial charge in [-0.2, -0.15) is 0 Å². The summed E-state index contributed by atoms with van der Waals surface area (Å²) in [5.41, 5.74) is 6.00. The Morgan fingerprint density at radius 1 is 0.816 bits per heavy atom. The molecule has 3 heterocycles. The SMILES string of the molecule is O=C(O)CCCCCC(=O)NCc1cccc(-c2ccc([C@@H]3O[C@H](CN4CCC5(CC4)OCCO5)C[C@H](c4ccc(CO)cc4)O3)cc2)c1. The number of ether oxygens (including phenoxy) is 4. The number of hydrogen-bond donors (Lipinski definition) is 3. The van der Waals surface area contributed by atoms with E-state index < -0.39 is 18.0 Å². The second kappa shape index (κ2) is 16.8. The Bertz CT molecular complexity index is 1510. The zero-order chi connectivity index (χ0) is 34.1. The molecule has 49 heavy (non-hydrogen) atoms. The standard InChI is InChI=1S/C39H48N2O8/c42-27-28-9-11-31(12-10-28)35-24-34(26-41-19-17-39(18-20-41)46-21-22-47-39)48-38(49-35)32-15-13-30(14-16-32)33-6-4-5-29(23-33)25-40-36(43)7-2-1-3-8-37(44)45/h4-6,9-16,23,34-35,38,42H,1-3,7-8,17-22,24-27H2,(H,40,43)(H,44,45)/t34-,35+,38+/m0/s1. The van der Waals surface area contributed by atoms with Gasteiger partial charge in [0.2, 0.25) is 5.91 Å². The van der Waals surface area contributed by atoms with E-state index in [9.17, 15) is 14.7 Å². The molecular formula is C39H48N2O8. The van der Waals surface area contributed by atoms with Crippen LogP contribution in [0.15, 0.2) is 72.8 Å². The number of likely N-dealkylation sites (tertiary alicyclic amines) is 1. The van der Waals surface area contributed by atoms with Gasteiger partial charge >= 0.3 is 5.97 Å². The first kappa shape index (κ1) is 35.2. The highest BCUT2D eigenvalue weighted by Crippen LogP contribution is 2.39. The van der Waals surface area contributed by atoms with Crippen LogP contribution < -0.4 is 5.32 Å². The van der Waals surface area contributed by atoms with Crippen molar-refractivity contribution >= 4 is 11.9 Å². The average molecular weight is 673 g/mol. The Morgan fingerprint density at radius 3 is 2.24 bits per heavy atom. The molecule has 3 atom stereocenters. The maximum Gasteiger partial charge on any atom is 0.303 e. The maximum atomic E-state index is 12.3. The molecule has 262 valence electrons. The van der Waals surface area contributed by atoms with Crippen LogP contribution >= 0.6 is 0 Å². The number of carbonyl (C=O) groups excluding carboxylic acids is 1. The van der Waals surface area contributed by atoms with Crippen LogP contribution in [0.4, 0.5) is 0 Å². The van der Waals surface area contributed by atoms with Crippen LogP contribution in [-0.4, -0.2) is 71.7 Å². The molecule has 10 nitrogen and oxygen atoms in total. The van der Waals surface area contributed by atoms with Gasteiger partial charge in [0.1, 0.15) is 0 Å². The fourth-order valence-corrected chi connectivity index (χ4v) is 6.90. The number of amides is 1. The smallest absolute Gasteiger partial charge is 0.303 e. The zero-order valence-corrected chi connectivity index (χ0v) is 28.1. The fourth-order valence-electron chi connectivity index (χ4n) is 6.90. The lowest BCUT2D eigenvalue weighted by Gasteiger charge is -2.41. The number of aliphatic carboxylic acids is 1. The Hall–Kier alpha value is -3.64. The zero-order valence-electron chi connectivity index (χ0n) is 28.1. The number of carboxylic acid groups (broad SMARTS) is 1. The number of benzene rings is 3. The molecule has 3 saturated heterocycles. The number of hydrogen-bond acceptors (Lipinski definition) is 8. The van der Waals surface area contributed by atoms with Gasteiger partial charge in [0.25, 0.3) is 0 Å². The summed E-state index contributed by atoms with van der Waals surface area (Å²) < 4.78 is 25.1. The Labute approximate surface area is 288 Å². The predicted octanol–water partition coefficient (Wildman–Crippen LogP) is 5.88. The van der Waals surface area contributed by atoms with Crippen molar-refractivity contribution in [1.29, 1.82) is 0 Å². The summed E-state index contributed by atoms with van der Waals surface area (Å²) in [6, 6.07) is 24.4. The molecule has 3 aliphatic heterocycles. The monoisotopic (exact) mass is 672 g/mol. The summed E-state index contributed by atoms with van der Waals surface area (Å²) in [7, 11) is 0. The molecule has 3 N–H and O–H groups in total. The third-order valence-electron chi connectivity index (χ3n) is 9.74. The summed E-state index contributed by atoms with van der Waals surface area (Å²) in [6.45, 7) is 4.37. The number of nitrogens with one attached hydrogen (secondary N) is 1. The van der Waals surface area contributed by atoms with Crippen molar-refractivity contribution in [2.45, 2.75) is 88.8 Å². The maximum absolute atomic E-state index is 12.3. The Kier molecular flexibility index (Phi) is 12.1. The van der Waals surface area contributed by atoms with Gasteiger partial charge in [-0.3, -0.25) is 9.59 Å². The molecule has 3 aromatic rings. The summed E-state index contributed by atoms with van der Waals surface area (Å²) in [4.78, 5) is 25.4. The molecule has 0 saturated carbocycles. The van der Waals surface area contributed by atoms with Crippen LogP contribution in [0.1, 0.15) is 86.0 Å². The fraction of sp³-hybridized carbons (Fsp3) is 0.487. The van der Waals surface area contributed by atoms with Crippen molar-refractivity contribution in [3.63, 3.8) is 0 Å². The second-order valence-corrected chi connectivity index (χ2v) is 13.3. The van der Waals surface area contributed by atoms with E-state index in [1.807, 2.05) is 36.4 Å². The van der Waals surface area contributed by atoms with Crippen molar-refractivity contribution < 1.29 is 38.7 Å². The number of unbranched alkanes of at least 4 members (excludes halogenated alkanes) is 2. The van der Waals surface area contributed by atoms with Crippen molar-refractivity contribution in [1.82, 2.24) is 10.2 Å². The largest absolute Gasteiger partial charge is 0.481 e. The van der Waals surface area contributed by atoms with Crippen LogP contribution in [0, 0.1) is 0 Å². The highest BCUT2D eigenvalue weighted by Gasteiger charge is 2.41. The van der Waals surface area contributed by atoms with E-state index in [1.165, 1.54) is 0 Å².